The van der Waals surface area contributed by atoms with Crippen molar-refractivity contribution >= 4 is 28.7 Å². The van der Waals surface area contributed by atoms with E-state index in [0.717, 1.165) is 5.75 Å². The molecule has 1 aromatic rings. The van der Waals surface area contributed by atoms with Gasteiger partial charge in [0.15, 0.2) is 0 Å². The minimum Gasteiger partial charge on any atom is -0.491 e. The van der Waals surface area contributed by atoms with Crippen molar-refractivity contribution in [1.29, 1.82) is 0 Å². The third-order valence-electron chi connectivity index (χ3n) is 1.54. The van der Waals surface area contributed by atoms with Crippen molar-refractivity contribution in [3.8, 4) is 5.75 Å². The number of aliphatic hydroxyl groups is 1. The first kappa shape index (κ1) is 11.5. The monoisotopic (exact) mass is 228 g/mol. The van der Waals surface area contributed by atoms with Gasteiger partial charge >= 0.3 is 0 Å². The molecule has 76 valence electrons. The Morgan fingerprint density at radius 2 is 2.14 bits per heavy atom. The summed E-state index contributed by atoms with van der Waals surface area (Å²) in [6.07, 6.45) is -0.473. The number of ether oxygens (including phenoxy) is 1. The number of para-hydroxylation sites is 1. The molecule has 0 bridgehead atoms. The van der Waals surface area contributed by atoms with E-state index in [4.69, 9.17) is 4.74 Å². The lowest BCUT2D eigenvalue weighted by Gasteiger charge is -2.10. The molecule has 0 heterocycles. The predicted octanol–water partition coefficient (Wildman–Crippen LogP) is 2.12. The molecule has 1 rings (SSSR count). The Kier molecular flexibility index (Phi) is 5.59. The highest BCUT2D eigenvalue weighted by Crippen LogP contribution is 2.09. The van der Waals surface area contributed by atoms with Gasteiger partial charge < -0.3 is 9.84 Å². The summed E-state index contributed by atoms with van der Waals surface area (Å²) in [7, 11) is 0. The molecule has 0 aromatic heterocycles. The van der Waals surface area contributed by atoms with Crippen LogP contribution in [0.2, 0.25) is 0 Å². The largest absolute Gasteiger partial charge is 0.491 e. The van der Waals surface area contributed by atoms with Crippen LogP contribution in [0.25, 0.3) is 0 Å². The molecule has 1 unspecified atom stereocenters. The number of thiocarbonyl (C=S) groups is 1. The van der Waals surface area contributed by atoms with Crippen LogP contribution in [0, 0.1) is 0 Å². The Bertz CT molecular complexity index is 264. The summed E-state index contributed by atoms with van der Waals surface area (Å²) in [6.45, 7) is 0.306. The van der Waals surface area contributed by atoms with E-state index in [2.05, 4.69) is 12.2 Å². The van der Waals surface area contributed by atoms with Gasteiger partial charge in [-0.1, -0.05) is 30.4 Å². The fraction of sp³-hybridized carbons (Fsp3) is 0.300. The fourth-order valence-electron chi connectivity index (χ4n) is 0.908. The first-order valence-corrected chi connectivity index (χ1v) is 5.76. The van der Waals surface area contributed by atoms with Crippen molar-refractivity contribution in [2.75, 3.05) is 12.4 Å². The van der Waals surface area contributed by atoms with Crippen LogP contribution in [0.5, 0.6) is 5.75 Å². The molecule has 1 atom stereocenters. The smallest absolute Gasteiger partial charge is 0.119 e. The Hall–Kier alpha value is -0.580. The molecule has 14 heavy (non-hydrogen) atoms. The maximum Gasteiger partial charge on any atom is 0.119 e. The van der Waals surface area contributed by atoms with Crippen molar-refractivity contribution in [2.24, 2.45) is 0 Å². The molecule has 2 nitrogen and oxygen atoms in total. The molecular weight excluding hydrogens is 216 g/mol. The average Bonchev–Trinajstić information content (AvgIpc) is 2.25. The lowest BCUT2D eigenvalue weighted by atomic mass is 10.3. The van der Waals surface area contributed by atoms with Crippen molar-refractivity contribution in [2.45, 2.75) is 6.10 Å². The van der Waals surface area contributed by atoms with E-state index in [1.54, 1.807) is 4.70 Å². The predicted molar refractivity (Wildman–Crippen MR) is 64.1 cm³/mol. The molecule has 0 aliphatic carbocycles. The topological polar surface area (TPSA) is 29.5 Å². The molecule has 0 aliphatic heterocycles. The van der Waals surface area contributed by atoms with Crippen molar-refractivity contribution in [1.82, 2.24) is 0 Å². The second-order valence-corrected chi connectivity index (χ2v) is 4.14. The van der Waals surface area contributed by atoms with E-state index >= 15 is 0 Å². The molecule has 0 radical (unpaired) electrons. The zero-order valence-corrected chi connectivity index (χ0v) is 9.26. The second-order valence-electron chi connectivity index (χ2n) is 2.71. The van der Waals surface area contributed by atoms with Crippen LogP contribution >= 0.6 is 24.0 Å². The van der Waals surface area contributed by atoms with E-state index in [0.29, 0.717) is 12.4 Å². The van der Waals surface area contributed by atoms with Gasteiger partial charge in [0.2, 0.25) is 0 Å². The van der Waals surface area contributed by atoms with Crippen LogP contribution in [0.1, 0.15) is 0 Å². The van der Waals surface area contributed by atoms with Crippen LogP contribution < -0.4 is 4.74 Å². The molecule has 0 saturated carbocycles. The number of rotatable bonds is 6. The van der Waals surface area contributed by atoms with Crippen LogP contribution in [0.4, 0.5) is 0 Å². The van der Waals surface area contributed by atoms with Crippen LogP contribution in [-0.2, 0) is 0 Å². The maximum absolute atomic E-state index is 9.43. The van der Waals surface area contributed by atoms with E-state index < -0.39 is 6.10 Å². The SMILES string of the molecule is OC(COc1ccccc1)CSC=S. The summed E-state index contributed by atoms with van der Waals surface area (Å²) in [4.78, 5) is 0. The Morgan fingerprint density at radius 1 is 1.43 bits per heavy atom. The summed E-state index contributed by atoms with van der Waals surface area (Å²) in [5.41, 5.74) is 0. The summed E-state index contributed by atoms with van der Waals surface area (Å²) < 4.78 is 6.90. The second kappa shape index (κ2) is 6.81. The number of benzene rings is 1. The Balaban J connectivity index is 2.23. The number of thioether (sulfide) groups is 1. The minimum absolute atomic E-state index is 0.306. The standard InChI is InChI=1S/C10H12O2S2/c11-9(7-14-8-13)6-12-10-4-2-1-3-5-10/h1-5,8-9,11H,6-7H2. The van der Waals surface area contributed by atoms with E-state index in [9.17, 15) is 5.11 Å². The van der Waals surface area contributed by atoms with E-state index in [1.165, 1.54) is 11.8 Å². The molecule has 0 saturated heterocycles. The average molecular weight is 228 g/mol. The molecule has 1 aromatic carbocycles. The van der Waals surface area contributed by atoms with Crippen molar-refractivity contribution in [3.05, 3.63) is 30.3 Å². The lowest BCUT2D eigenvalue weighted by molar-refractivity contribution is 0.126. The van der Waals surface area contributed by atoms with Crippen LogP contribution in [0.3, 0.4) is 0 Å². The number of hydrogen-bond acceptors (Lipinski definition) is 4. The van der Waals surface area contributed by atoms with Gasteiger partial charge in [-0.2, -0.15) is 0 Å². The summed E-state index contributed by atoms with van der Waals surface area (Å²) in [6, 6.07) is 9.43. The van der Waals surface area contributed by atoms with Crippen molar-refractivity contribution < 1.29 is 9.84 Å². The third-order valence-corrected chi connectivity index (χ3v) is 2.66. The van der Waals surface area contributed by atoms with Crippen LogP contribution in [-0.4, -0.2) is 28.3 Å². The summed E-state index contributed by atoms with van der Waals surface area (Å²) >= 11 is 6.05. The highest BCUT2D eigenvalue weighted by molar-refractivity contribution is 8.20. The number of hydrogen-bond donors (Lipinski definition) is 1. The maximum atomic E-state index is 9.43. The highest BCUT2D eigenvalue weighted by Gasteiger charge is 2.03. The summed E-state index contributed by atoms with van der Waals surface area (Å²) in [5, 5.41) is 9.43. The normalized spacial score (nSPS) is 12.1. The zero-order valence-electron chi connectivity index (χ0n) is 7.63. The van der Waals surface area contributed by atoms with E-state index in [1.807, 2.05) is 30.3 Å². The van der Waals surface area contributed by atoms with Gasteiger partial charge in [0.1, 0.15) is 12.4 Å². The first-order chi connectivity index (χ1) is 6.83. The van der Waals surface area contributed by atoms with Gasteiger partial charge in [0, 0.05) is 10.5 Å². The Labute approximate surface area is 93.3 Å². The zero-order chi connectivity index (χ0) is 10.2. The molecule has 0 amide bonds. The van der Waals surface area contributed by atoms with Gasteiger partial charge in [0.25, 0.3) is 0 Å². The quantitative estimate of drug-likeness (QED) is 0.755. The molecule has 0 fully saturated rings. The molecular formula is C10H12O2S2. The molecule has 4 heteroatoms. The lowest BCUT2D eigenvalue weighted by Crippen LogP contribution is -2.19. The summed E-state index contributed by atoms with van der Waals surface area (Å²) in [5.74, 6) is 1.36. The van der Waals surface area contributed by atoms with Gasteiger partial charge in [-0.25, -0.2) is 0 Å². The van der Waals surface area contributed by atoms with Crippen molar-refractivity contribution in [3.63, 3.8) is 0 Å². The van der Waals surface area contributed by atoms with Crippen LogP contribution in [0.15, 0.2) is 30.3 Å². The Morgan fingerprint density at radius 3 is 2.79 bits per heavy atom. The number of aliphatic hydroxyl groups excluding tert-OH is 1. The van der Waals surface area contributed by atoms with Gasteiger partial charge in [0.05, 0.1) is 6.10 Å². The van der Waals surface area contributed by atoms with E-state index in [-0.39, 0.29) is 0 Å². The third kappa shape index (κ3) is 4.60. The molecule has 0 spiro atoms. The first-order valence-electron chi connectivity index (χ1n) is 4.24. The molecule has 0 aliphatic rings. The fourth-order valence-corrected chi connectivity index (χ4v) is 1.54. The van der Waals surface area contributed by atoms with Gasteiger partial charge in [-0.05, 0) is 12.1 Å². The minimum atomic E-state index is -0.473. The molecule has 1 N–H and O–H groups in total. The van der Waals surface area contributed by atoms with Gasteiger partial charge in [-0.3, -0.25) is 0 Å². The highest BCUT2D eigenvalue weighted by atomic mass is 32.2. The van der Waals surface area contributed by atoms with Gasteiger partial charge in [-0.15, -0.1) is 11.8 Å².